The number of hydrogen-bond donors (Lipinski definition) is 1. The first-order valence-corrected chi connectivity index (χ1v) is 6.24. The van der Waals surface area contributed by atoms with Crippen molar-refractivity contribution in [1.82, 2.24) is 4.98 Å². The SMILES string of the molecule is CC(C)Oc1cccc(CNc2ccc(F)nc2)c1. The third-order valence-electron chi connectivity index (χ3n) is 2.49. The third kappa shape index (κ3) is 4.25. The maximum absolute atomic E-state index is 12.7. The lowest BCUT2D eigenvalue weighted by Crippen LogP contribution is -2.06. The quantitative estimate of drug-likeness (QED) is 0.834. The first kappa shape index (κ1) is 13.3. The van der Waals surface area contributed by atoms with Crippen molar-refractivity contribution in [2.75, 3.05) is 5.32 Å². The molecule has 0 unspecified atom stereocenters. The molecule has 1 N–H and O–H groups in total. The molecule has 3 nitrogen and oxygen atoms in total. The van der Waals surface area contributed by atoms with Crippen LogP contribution in [0.2, 0.25) is 0 Å². The second-order valence-corrected chi connectivity index (χ2v) is 4.54. The number of ether oxygens (including phenoxy) is 1. The monoisotopic (exact) mass is 260 g/mol. The molecular weight excluding hydrogens is 243 g/mol. The van der Waals surface area contributed by atoms with Gasteiger partial charge in [-0.25, -0.2) is 4.98 Å². The molecule has 2 rings (SSSR count). The summed E-state index contributed by atoms with van der Waals surface area (Å²) in [4.78, 5) is 3.59. The van der Waals surface area contributed by atoms with Gasteiger partial charge in [-0.2, -0.15) is 4.39 Å². The minimum atomic E-state index is -0.474. The zero-order valence-corrected chi connectivity index (χ0v) is 11.1. The summed E-state index contributed by atoms with van der Waals surface area (Å²) in [5, 5.41) is 3.18. The van der Waals surface area contributed by atoms with Crippen LogP contribution in [-0.2, 0) is 6.54 Å². The van der Waals surface area contributed by atoms with E-state index in [9.17, 15) is 4.39 Å². The van der Waals surface area contributed by atoms with Gasteiger partial charge in [0.25, 0.3) is 0 Å². The van der Waals surface area contributed by atoms with Crippen LogP contribution in [0.15, 0.2) is 42.6 Å². The fourth-order valence-corrected chi connectivity index (χ4v) is 1.69. The highest BCUT2D eigenvalue weighted by Gasteiger charge is 2.00. The number of pyridine rings is 1. The molecule has 0 aliphatic rings. The van der Waals surface area contributed by atoms with Crippen LogP contribution in [-0.4, -0.2) is 11.1 Å². The van der Waals surface area contributed by atoms with E-state index in [1.807, 2.05) is 38.1 Å². The predicted molar refractivity (Wildman–Crippen MR) is 73.7 cm³/mol. The number of hydrogen-bond acceptors (Lipinski definition) is 3. The van der Waals surface area contributed by atoms with E-state index in [4.69, 9.17) is 4.74 Å². The molecule has 0 spiro atoms. The Balaban J connectivity index is 1.97. The zero-order chi connectivity index (χ0) is 13.7. The number of nitrogens with one attached hydrogen (secondary N) is 1. The maximum atomic E-state index is 12.7. The molecule has 4 heteroatoms. The fraction of sp³-hybridized carbons (Fsp3) is 0.267. The minimum absolute atomic E-state index is 0.157. The Bertz CT molecular complexity index is 526. The number of rotatable bonds is 5. The van der Waals surface area contributed by atoms with Crippen molar-refractivity contribution in [2.45, 2.75) is 26.5 Å². The van der Waals surface area contributed by atoms with E-state index in [0.717, 1.165) is 17.0 Å². The largest absolute Gasteiger partial charge is 0.491 e. The standard InChI is InChI=1S/C15H17FN2O/c1-11(2)19-14-5-3-4-12(8-14)9-17-13-6-7-15(16)18-10-13/h3-8,10-11,17H,9H2,1-2H3. The average molecular weight is 260 g/mol. The summed E-state index contributed by atoms with van der Waals surface area (Å²) in [5.41, 5.74) is 1.89. The Morgan fingerprint density at radius 3 is 2.79 bits per heavy atom. The summed E-state index contributed by atoms with van der Waals surface area (Å²) in [6, 6.07) is 10.9. The van der Waals surface area contributed by atoms with Gasteiger partial charge in [-0.3, -0.25) is 0 Å². The summed E-state index contributed by atoms with van der Waals surface area (Å²) >= 11 is 0. The minimum Gasteiger partial charge on any atom is -0.491 e. The highest BCUT2D eigenvalue weighted by Crippen LogP contribution is 2.16. The van der Waals surface area contributed by atoms with Gasteiger partial charge in [-0.05, 0) is 43.7 Å². The molecule has 19 heavy (non-hydrogen) atoms. The average Bonchev–Trinajstić information content (AvgIpc) is 2.38. The van der Waals surface area contributed by atoms with Gasteiger partial charge < -0.3 is 10.1 Å². The maximum Gasteiger partial charge on any atom is 0.212 e. The summed E-state index contributed by atoms with van der Waals surface area (Å²) in [6.07, 6.45) is 1.63. The van der Waals surface area contributed by atoms with Crippen LogP contribution >= 0.6 is 0 Å². The van der Waals surface area contributed by atoms with Crippen molar-refractivity contribution in [3.05, 3.63) is 54.1 Å². The summed E-state index contributed by atoms with van der Waals surface area (Å²) in [6.45, 7) is 4.63. The highest BCUT2D eigenvalue weighted by molar-refractivity contribution is 5.41. The van der Waals surface area contributed by atoms with Crippen molar-refractivity contribution < 1.29 is 9.13 Å². The van der Waals surface area contributed by atoms with Crippen LogP contribution < -0.4 is 10.1 Å². The molecule has 0 aliphatic carbocycles. The van der Waals surface area contributed by atoms with E-state index in [1.54, 1.807) is 6.07 Å². The Morgan fingerprint density at radius 1 is 1.26 bits per heavy atom. The number of benzene rings is 1. The molecule has 1 aromatic heterocycles. The van der Waals surface area contributed by atoms with Crippen LogP contribution in [0.25, 0.3) is 0 Å². The van der Waals surface area contributed by atoms with Gasteiger partial charge in [0.15, 0.2) is 0 Å². The van der Waals surface area contributed by atoms with E-state index < -0.39 is 5.95 Å². The van der Waals surface area contributed by atoms with Gasteiger partial charge in [0, 0.05) is 6.54 Å². The Morgan fingerprint density at radius 2 is 2.11 bits per heavy atom. The Labute approximate surface area is 112 Å². The Hall–Kier alpha value is -2.10. The lowest BCUT2D eigenvalue weighted by Gasteiger charge is -2.11. The Kier molecular flexibility index (Phi) is 4.34. The fourth-order valence-electron chi connectivity index (χ4n) is 1.69. The molecule has 0 amide bonds. The number of anilines is 1. The van der Waals surface area contributed by atoms with Crippen molar-refractivity contribution in [2.24, 2.45) is 0 Å². The molecule has 0 aliphatic heterocycles. The van der Waals surface area contributed by atoms with Gasteiger partial charge in [0.05, 0.1) is 18.0 Å². The molecular formula is C15H17FN2O. The van der Waals surface area contributed by atoms with Gasteiger partial charge >= 0.3 is 0 Å². The third-order valence-corrected chi connectivity index (χ3v) is 2.49. The van der Waals surface area contributed by atoms with Gasteiger partial charge in [0.1, 0.15) is 5.75 Å². The normalized spacial score (nSPS) is 10.5. The van der Waals surface area contributed by atoms with Crippen molar-refractivity contribution in [1.29, 1.82) is 0 Å². The molecule has 0 saturated carbocycles. The van der Waals surface area contributed by atoms with E-state index in [0.29, 0.717) is 6.54 Å². The molecule has 100 valence electrons. The smallest absolute Gasteiger partial charge is 0.212 e. The molecule has 2 aromatic rings. The van der Waals surface area contributed by atoms with Crippen LogP contribution in [0.1, 0.15) is 19.4 Å². The van der Waals surface area contributed by atoms with E-state index in [2.05, 4.69) is 10.3 Å². The van der Waals surface area contributed by atoms with E-state index in [1.165, 1.54) is 12.3 Å². The lowest BCUT2D eigenvalue weighted by molar-refractivity contribution is 0.242. The topological polar surface area (TPSA) is 34.1 Å². The molecule has 0 radical (unpaired) electrons. The number of nitrogens with zero attached hydrogens (tertiary/aromatic N) is 1. The van der Waals surface area contributed by atoms with Crippen LogP contribution in [0.5, 0.6) is 5.75 Å². The lowest BCUT2D eigenvalue weighted by atomic mass is 10.2. The zero-order valence-electron chi connectivity index (χ0n) is 11.1. The van der Waals surface area contributed by atoms with Crippen LogP contribution in [0.4, 0.5) is 10.1 Å². The predicted octanol–water partition coefficient (Wildman–Crippen LogP) is 3.62. The molecule has 0 bridgehead atoms. The summed E-state index contributed by atoms with van der Waals surface area (Å²) in [7, 11) is 0. The van der Waals surface area contributed by atoms with Gasteiger partial charge in [-0.15, -0.1) is 0 Å². The van der Waals surface area contributed by atoms with Crippen LogP contribution in [0.3, 0.4) is 0 Å². The summed E-state index contributed by atoms with van der Waals surface area (Å²) < 4.78 is 18.3. The molecule has 0 fully saturated rings. The van der Waals surface area contributed by atoms with Crippen molar-refractivity contribution >= 4 is 5.69 Å². The summed E-state index contributed by atoms with van der Waals surface area (Å²) in [5.74, 6) is 0.379. The molecule has 1 aromatic carbocycles. The molecule has 0 atom stereocenters. The van der Waals surface area contributed by atoms with E-state index in [-0.39, 0.29) is 6.10 Å². The van der Waals surface area contributed by atoms with Crippen molar-refractivity contribution in [3.63, 3.8) is 0 Å². The van der Waals surface area contributed by atoms with Crippen molar-refractivity contribution in [3.8, 4) is 5.75 Å². The van der Waals surface area contributed by atoms with Gasteiger partial charge in [-0.1, -0.05) is 12.1 Å². The van der Waals surface area contributed by atoms with E-state index >= 15 is 0 Å². The highest BCUT2D eigenvalue weighted by atomic mass is 19.1. The second-order valence-electron chi connectivity index (χ2n) is 4.54. The molecule has 0 saturated heterocycles. The first-order chi connectivity index (χ1) is 9.13. The second kappa shape index (κ2) is 6.18. The first-order valence-electron chi connectivity index (χ1n) is 6.24. The molecule has 1 heterocycles. The number of aromatic nitrogens is 1. The van der Waals surface area contributed by atoms with Crippen LogP contribution in [0, 0.1) is 5.95 Å². The number of halogens is 1. The van der Waals surface area contributed by atoms with Gasteiger partial charge in [0.2, 0.25) is 5.95 Å².